The molecule has 0 amide bonds. The number of benzene rings is 1. The van der Waals surface area contributed by atoms with Crippen LogP contribution in [-0.4, -0.2) is 46.2 Å². The average Bonchev–Trinajstić information content (AvgIpc) is 2.46. The molecule has 0 saturated heterocycles. The quantitative estimate of drug-likeness (QED) is 0.710. The predicted molar refractivity (Wildman–Crippen MR) is 71.3 cm³/mol. The number of rotatable bonds is 6. The molecule has 0 heterocycles. The molecule has 2 N–H and O–H groups in total. The van der Waals surface area contributed by atoms with Crippen LogP contribution in [0.3, 0.4) is 0 Å². The van der Waals surface area contributed by atoms with Crippen molar-refractivity contribution in [1.29, 1.82) is 0 Å². The average molecular weight is 317 g/mol. The lowest BCUT2D eigenvalue weighted by Crippen LogP contribution is -2.26. The van der Waals surface area contributed by atoms with E-state index < -0.39 is 27.7 Å². The van der Waals surface area contributed by atoms with Gasteiger partial charge in [0.25, 0.3) is 0 Å². The molecule has 0 spiro atoms. The zero-order valence-electron chi connectivity index (χ0n) is 11.5. The van der Waals surface area contributed by atoms with Crippen LogP contribution < -0.4 is 4.72 Å². The minimum absolute atomic E-state index is 0.127. The summed E-state index contributed by atoms with van der Waals surface area (Å²) < 4.78 is 35.0. The molecule has 1 rings (SSSR count). The van der Waals surface area contributed by atoms with Gasteiger partial charge in [0.2, 0.25) is 10.0 Å². The minimum atomic E-state index is -3.92. The molecule has 21 heavy (non-hydrogen) atoms. The van der Waals surface area contributed by atoms with Crippen molar-refractivity contribution in [2.24, 2.45) is 0 Å². The van der Waals surface area contributed by atoms with Gasteiger partial charge in [-0.15, -0.1) is 0 Å². The molecule has 0 saturated carbocycles. The molecule has 9 heteroatoms. The fraction of sp³-hybridized carbons (Fsp3) is 0.333. The first-order valence-electron chi connectivity index (χ1n) is 5.79. The van der Waals surface area contributed by atoms with E-state index in [1.54, 1.807) is 0 Å². The van der Waals surface area contributed by atoms with Crippen LogP contribution in [0.4, 0.5) is 0 Å². The molecule has 116 valence electrons. The molecule has 1 aromatic rings. The molecule has 8 nitrogen and oxygen atoms in total. The van der Waals surface area contributed by atoms with Crippen LogP contribution >= 0.6 is 0 Å². The fourth-order valence-electron chi connectivity index (χ4n) is 1.43. The Hall–Kier alpha value is -2.13. The van der Waals surface area contributed by atoms with E-state index in [2.05, 4.69) is 14.2 Å². The van der Waals surface area contributed by atoms with Crippen LogP contribution in [0.15, 0.2) is 23.1 Å². The number of esters is 2. The van der Waals surface area contributed by atoms with Crippen molar-refractivity contribution >= 4 is 22.0 Å². The second kappa shape index (κ2) is 7.04. The van der Waals surface area contributed by atoms with E-state index in [0.717, 1.165) is 25.3 Å². The lowest BCUT2D eigenvalue weighted by atomic mass is 10.2. The van der Waals surface area contributed by atoms with Crippen molar-refractivity contribution in [3.8, 4) is 5.75 Å². The second-order valence-corrected chi connectivity index (χ2v) is 5.66. The van der Waals surface area contributed by atoms with Gasteiger partial charge in [0, 0.05) is 6.54 Å². The Bertz CT molecular complexity index is 639. The summed E-state index contributed by atoms with van der Waals surface area (Å²) >= 11 is 0. The number of ether oxygens (including phenoxy) is 2. The van der Waals surface area contributed by atoms with E-state index in [9.17, 15) is 23.1 Å². The van der Waals surface area contributed by atoms with Crippen LogP contribution in [-0.2, 0) is 24.3 Å². The third-order valence-corrected chi connectivity index (χ3v) is 3.99. The highest BCUT2D eigenvalue weighted by Crippen LogP contribution is 2.22. The number of carbonyl (C=O) groups excluding carboxylic acids is 2. The molecule has 0 atom stereocenters. The smallest absolute Gasteiger partial charge is 0.341 e. The van der Waals surface area contributed by atoms with Gasteiger partial charge in [0.15, 0.2) is 0 Å². The van der Waals surface area contributed by atoms with Crippen molar-refractivity contribution in [2.75, 3.05) is 20.8 Å². The van der Waals surface area contributed by atoms with Gasteiger partial charge in [-0.25, -0.2) is 17.9 Å². The number of carbonyl (C=O) groups is 2. The van der Waals surface area contributed by atoms with E-state index >= 15 is 0 Å². The highest BCUT2D eigenvalue weighted by molar-refractivity contribution is 7.89. The van der Waals surface area contributed by atoms with Crippen molar-refractivity contribution in [3.05, 3.63) is 23.8 Å². The zero-order valence-corrected chi connectivity index (χ0v) is 12.3. The van der Waals surface area contributed by atoms with E-state index in [1.165, 1.54) is 7.11 Å². The summed E-state index contributed by atoms with van der Waals surface area (Å²) in [5, 5.41) is 9.51. The Morgan fingerprint density at radius 3 is 2.48 bits per heavy atom. The maximum Gasteiger partial charge on any atom is 0.341 e. The van der Waals surface area contributed by atoms with Crippen LogP contribution in [0.25, 0.3) is 0 Å². The molecule has 0 fully saturated rings. The topological polar surface area (TPSA) is 119 Å². The number of methoxy groups -OCH3 is 2. The summed E-state index contributed by atoms with van der Waals surface area (Å²) in [5.74, 6) is -1.81. The van der Waals surface area contributed by atoms with E-state index in [4.69, 9.17) is 0 Å². The standard InChI is InChI=1S/C12H15NO7S/c1-19-11(15)5-6-13-21(17,18)8-3-4-10(14)9(7-8)12(16)20-2/h3-4,7,13-14H,5-6H2,1-2H3. The second-order valence-electron chi connectivity index (χ2n) is 3.89. The molecule has 0 aliphatic heterocycles. The number of aromatic hydroxyl groups is 1. The first kappa shape index (κ1) is 16.9. The van der Waals surface area contributed by atoms with E-state index in [1.807, 2.05) is 0 Å². The molecule has 0 aliphatic carbocycles. The molecule has 1 aromatic carbocycles. The van der Waals surface area contributed by atoms with Gasteiger partial charge in [-0.3, -0.25) is 4.79 Å². The molecular weight excluding hydrogens is 302 g/mol. The van der Waals surface area contributed by atoms with Gasteiger partial charge in [-0.2, -0.15) is 0 Å². The molecular formula is C12H15NO7S. The van der Waals surface area contributed by atoms with E-state index in [0.29, 0.717) is 0 Å². The van der Waals surface area contributed by atoms with Gasteiger partial charge in [0.05, 0.1) is 25.5 Å². The van der Waals surface area contributed by atoms with Gasteiger partial charge < -0.3 is 14.6 Å². The number of phenols is 1. The Kier molecular flexibility index (Phi) is 5.68. The van der Waals surface area contributed by atoms with E-state index in [-0.39, 0.29) is 23.4 Å². The maximum atomic E-state index is 12.0. The van der Waals surface area contributed by atoms with Crippen molar-refractivity contribution < 1.29 is 32.6 Å². The molecule has 0 bridgehead atoms. The van der Waals surface area contributed by atoms with Gasteiger partial charge in [-0.05, 0) is 18.2 Å². The largest absolute Gasteiger partial charge is 0.507 e. The van der Waals surface area contributed by atoms with Gasteiger partial charge >= 0.3 is 11.9 Å². The Balaban J connectivity index is 2.93. The van der Waals surface area contributed by atoms with Crippen LogP contribution in [0.5, 0.6) is 5.75 Å². The third kappa shape index (κ3) is 4.43. The summed E-state index contributed by atoms with van der Waals surface area (Å²) in [7, 11) is -1.62. The number of nitrogens with one attached hydrogen (secondary N) is 1. The number of phenolic OH excluding ortho intramolecular Hbond substituents is 1. The van der Waals surface area contributed by atoms with Crippen LogP contribution in [0.2, 0.25) is 0 Å². The Morgan fingerprint density at radius 1 is 1.24 bits per heavy atom. The zero-order chi connectivity index (χ0) is 16.0. The SMILES string of the molecule is COC(=O)CCNS(=O)(=O)c1ccc(O)c(C(=O)OC)c1. The first-order valence-corrected chi connectivity index (χ1v) is 7.28. The number of hydrogen-bond acceptors (Lipinski definition) is 7. The molecule has 0 unspecified atom stereocenters. The maximum absolute atomic E-state index is 12.0. The van der Waals surface area contributed by atoms with Crippen molar-refractivity contribution in [1.82, 2.24) is 4.72 Å². The summed E-state index contributed by atoms with van der Waals surface area (Å²) in [5.41, 5.74) is -0.270. The Labute approximate surface area is 121 Å². The van der Waals surface area contributed by atoms with Gasteiger partial charge in [-0.1, -0.05) is 0 Å². The summed E-state index contributed by atoms with van der Waals surface area (Å²) in [4.78, 5) is 22.1. The minimum Gasteiger partial charge on any atom is -0.507 e. The summed E-state index contributed by atoms with van der Waals surface area (Å²) in [6.45, 7) is -0.149. The molecule has 0 aromatic heterocycles. The Morgan fingerprint density at radius 2 is 1.90 bits per heavy atom. The first-order chi connectivity index (χ1) is 9.81. The monoisotopic (exact) mass is 317 g/mol. The number of sulfonamides is 1. The summed E-state index contributed by atoms with van der Waals surface area (Å²) in [6, 6.07) is 3.19. The number of hydrogen-bond donors (Lipinski definition) is 2. The van der Waals surface area contributed by atoms with Crippen LogP contribution in [0.1, 0.15) is 16.8 Å². The van der Waals surface area contributed by atoms with Crippen molar-refractivity contribution in [3.63, 3.8) is 0 Å². The third-order valence-electron chi connectivity index (χ3n) is 2.53. The normalized spacial score (nSPS) is 11.0. The van der Waals surface area contributed by atoms with Crippen LogP contribution in [0, 0.1) is 0 Å². The lowest BCUT2D eigenvalue weighted by molar-refractivity contribution is -0.140. The highest BCUT2D eigenvalue weighted by atomic mass is 32.2. The lowest BCUT2D eigenvalue weighted by Gasteiger charge is -2.08. The predicted octanol–water partition coefficient (Wildman–Crippen LogP) is 0.0202. The van der Waals surface area contributed by atoms with Crippen molar-refractivity contribution in [2.45, 2.75) is 11.3 Å². The summed E-state index contributed by atoms with van der Waals surface area (Å²) in [6.07, 6.45) is -0.127. The van der Waals surface area contributed by atoms with Gasteiger partial charge in [0.1, 0.15) is 11.3 Å². The fourth-order valence-corrected chi connectivity index (χ4v) is 2.49. The molecule has 0 radical (unpaired) electrons. The molecule has 0 aliphatic rings. The highest BCUT2D eigenvalue weighted by Gasteiger charge is 2.19.